The second-order valence-electron chi connectivity index (χ2n) is 4.91. The Kier molecular flexibility index (Phi) is 6.20. The average molecular weight is 348 g/mol. The molecule has 0 spiro atoms. The molecule has 0 aliphatic carbocycles. The van der Waals surface area contributed by atoms with Gasteiger partial charge in [-0.05, 0) is 30.3 Å². The molecule has 0 atom stereocenters. The van der Waals surface area contributed by atoms with Crippen LogP contribution in [0.3, 0.4) is 0 Å². The number of nitrogens with two attached hydrogens (primary N) is 1. The van der Waals surface area contributed by atoms with Crippen molar-refractivity contribution in [1.82, 2.24) is 0 Å². The highest BCUT2D eigenvalue weighted by Crippen LogP contribution is 2.24. The van der Waals surface area contributed by atoms with Gasteiger partial charge in [0.15, 0.2) is 0 Å². The van der Waals surface area contributed by atoms with Crippen LogP contribution in [0.25, 0.3) is 0 Å². The number of amides is 2. The molecule has 0 heterocycles. The molecule has 7 heteroatoms. The fraction of sp³-hybridized carbons (Fsp3) is 0.176. The van der Waals surface area contributed by atoms with Crippen molar-refractivity contribution < 1.29 is 18.7 Å². The van der Waals surface area contributed by atoms with Gasteiger partial charge < -0.3 is 15.8 Å². The molecular weight excluding hydrogens is 331 g/mol. The zero-order valence-corrected chi connectivity index (χ0v) is 13.9. The van der Waals surface area contributed by atoms with Crippen LogP contribution >= 0.6 is 11.8 Å². The maximum absolute atomic E-state index is 13.3. The Morgan fingerprint density at radius 1 is 1.25 bits per heavy atom. The fourth-order valence-electron chi connectivity index (χ4n) is 2.11. The molecule has 2 rings (SSSR count). The van der Waals surface area contributed by atoms with Crippen molar-refractivity contribution >= 4 is 29.3 Å². The van der Waals surface area contributed by atoms with E-state index in [0.717, 1.165) is 0 Å². The van der Waals surface area contributed by atoms with Crippen molar-refractivity contribution in [3.63, 3.8) is 0 Å². The molecule has 0 aromatic heterocycles. The zero-order valence-electron chi connectivity index (χ0n) is 13.0. The number of rotatable bonds is 7. The van der Waals surface area contributed by atoms with E-state index in [2.05, 4.69) is 5.32 Å². The van der Waals surface area contributed by atoms with E-state index in [-0.39, 0.29) is 23.0 Å². The van der Waals surface area contributed by atoms with Crippen LogP contribution in [-0.4, -0.2) is 24.7 Å². The molecule has 3 N–H and O–H groups in total. The Labute approximate surface area is 143 Å². The van der Waals surface area contributed by atoms with E-state index < -0.39 is 5.91 Å². The topological polar surface area (TPSA) is 81.4 Å². The van der Waals surface area contributed by atoms with Gasteiger partial charge in [0.2, 0.25) is 5.91 Å². The highest BCUT2D eigenvalue weighted by atomic mass is 32.2. The number of para-hydroxylation sites is 1. The maximum atomic E-state index is 13.3. The molecular formula is C17H17FN2O3S. The molecule has 0 fully saturated rings. The number of hydrogen-bond acceptors (Lipinski definition) is 4. The van der Waals surface area contributed by atoms with Crippen molar-refractivity contribution in [2.24, 2.45) is 5.73 Å². The number of carbonyl (C=O) groups excluding carboxylic acids is 2. The number of hydrogen-bond donors (Lipinski definition) is 2. The van der Waals surface area contributed by atoms with E-state index in [4.69, 9.17) is 10.5 Å². The van der Waals surface area contributed by atoms with Crippen LogP contribution in [0, 0.1) is 5.82 Å². The number of halogens is 1. The zero-order chi connectivity index (χ0) is 17.5. The summed E-state index contributed by atoms with van der Waals surface area (Å²) >= 11 is 1.31. The molecule has 0 aliphatic rings. The Hall–Kier alpha value is -2.54. The molecule has 0 bridgehead atoms. The number of thioether (sulfide) groups is 1. The predicted octanol–water partition coefficient (Wildman–Crippen LogP) is 2.81. The third-order valence-corrected chi connectivity index (χ3v) is 4.18. The van der Waals surface area contributed by atoms with Crippen molar-refractivity contribution in [2.45, 2.75) is 5.75 Å². The van der Waals surface area contributed by atoms with E-state index in [0.29, 0.717) is 22.8 Å². The van der Waals surface area contributed by atoms with Gasteiger partial charge in [-0.1, -0.05) is 12.1 Å². The van der Waals surface area contributed by atoms with Gasteiger partial charge in [0.05, 0.1) is 24.1 Å². The van der Waals surface area contributed by atoms with Gasteiger partial charge in [-0.3, -0.25) is 9.59 Å². The van der Waals surface area contributed by atoms with Crippen LogP contribution in [0.5, 0.6) is 5.75 Å². The fourth-order valence-corrected chi connectivity index (χ4v) is 2.91. The Morgan fingerprint density at radius 3 is 2.71 bits per heavy atom. The summed E-state index contributed by atoms with van der Waals surface area (Å²) in [6, 6.07) is 10.8. The van der Waals surface area contributed by atoms with Crippen LogP contribution in [0.1, 0.15) is 15.9 Å². The van der Waals surface area contributed by atoms with E-state index in [1.807, 2.05) is 0 Å². The molecule has 24 heavy (non-hydrogen) atoms. The lowest BCUT2D eigenvalue weighted by atomic mass is 10.1. The smallest absolute Gasteiger partial charge is 0.250 e. The summed E-state index contributed by atoms with van der Waals surface area (Å²) < 4.78 is 18.5. The van der Waals surface area contributed by atoms with Crippen LogP contribution in [0.15, 0.2) is 42.5 Å². The third kappa shape index (κ3) is 4.73. The van der Waals surface area contributed by atoms with E-state index in [1.165, 1.54) is 31.0 Å². The van der Waals surface area contributed by atoms with Gasteiger partial charge >= 0.3 is 0 Å². The lowest BCUT2D eigenvalue weighted by Crippen LogP contribution is -2.19. The summed E-state index contributed by atoms with van der Waals surface area (Å²) in [5, 5.41) is 2.65. The van der Waals surface area contributed by atoms with Gasteiger partial charge in [0.1, 0.15) is 11.6 Å². The number of methoxy groups -OCH3 is 1. The highest BCUT2D eigenvalue weighted by Gasteiger charge is 2.11. The van der Waals surface area contributed by atoms with Crippen molar-refractivity contribution in [3.05, 3.63) is 59.4 Å². The van der Waals surface area contributed by atoms with Gasteiger partial charge in [-0.2, -0.15) is 0 Å². The van der Waals surface area contributed by atoms with Gasteiger partial charge in [0.25, 0.3) is 5.91 Å². The summed E-state index contributed by atoms with van der Waals surface area (Å²) in [7, 11) is 1.51. The van der Waals surface area contributed by atoms with Crippen LogP contribution in [0.4, 0.5) is 10.1 Å². The third-order valence-electron chi connectivity index (χ3n) is 3.20. The quantitative estimate of drug-likeness (QED) is 0.806. The number of anilines is 1. The first-order valence-electron chi connectivity index (χ1n) is 7.10. The average Bonchev–Trinajstić information content (AvgIpc) is 2.55. The highest BCUT2D eigenvalue weighted by molar-refractivity contribution is 7.99. The maximum Gasteiger partial charge on any atom is 0.250 e. The second kappa shape index (κ2) is 8.35. The van der Waals surface area contributed by atoms with E-state index in [9.17, 15) is 14.0 Å². The molecule has 5 nitrogen and oxygen atoms in total. The second-order valence-corrected chi connectivity index (χ2v) is 5.89. The lowest BCUT2D eigenvalue weighted by Gasteiger charge is -2.10. The molecule has 2 aromatic rings. The molecule has 0 saturated heterocycles. The summed E-state index contributed by atoms with van der Waals surface area (Å²) in [5.74, 6) is -0.0970. The molecule has 0 aliphatic heterocycles. The van der Waals surface area contributed by atoms with Crippen molar-refractivity contribution in [3.8, 4) is 5.75 Å². The summed E-state index contributed by atoms with van der Waals surface area (Å²) in [4.78, 5) is 23.3. The Bertz CT molecular complexity index is 752. The summed E-state index contributed by atoms with van der Waals surface area (Å²) in [5.41, 5.74) is 6.57. The Balaban J connectivity index is 1.93. The monoisotopic (exact) mass is 348 g/mol. The first-order valence-corrected chi connectivity index (χ1v) is 8.25. The van der Waals surface area contributed by atoms with Gasteiger partial charge in [-0.25, -0.2) is 4.39 Å². The summed E-state index contributed by atoms with van der Waals surface area (Å²) in [6.45, 7) is 0. The van der Waals surface area contributed by atoms with Crippen LogP contribution in [-0.2, 0) is 10.5 Å². The normalized spacial score (nSPS) is 10.2. The van der Waals surface area contributed by atoms with Crippen molar-refractivity contribution in [1.29, 1.82) is 0 Å². The SMILES string of the molecule is COc1ccc(F)cc1CSCC(=O)Nc1ccccc1C(N)=O. The lowest BCUT2D eigenvalue weighted by molar-refractivity contribution is -0.113. The van der Waals surface area contributed by atoms with Gasteiger partial charge in [0, 0.05) is 11.3 Å². The van der Waals surface area contributed by atoms with E-state index >= 15 is 0 Å². The molecule has 2 amide bonds. The number of ether oxygens (including phenoxy) is 1. The largest absolute Gasteiger partial charge is 0.496 e. The van der Waals surface area contributed by atoms with E-state index in [1.54, 1.807) is 30.3 Å². The van der Waals surface area contributed by atoms with Crippen molar-refractivity contribution in [2.75, 3.05) is 18.2 Å². The predicted molar refractivity (Wildman–Crippen MR) is 92.7 cm³/mol. The summed E-state index contributed by atoms with van der Waals surface area (Å²) in [6.07, 6.45) is 0. The minimum absolute atomic E-state index is 0.146. The minimum Gasteiger partial charge on any atom is -0.496 e. The molecule has 0 unspecified atom stereocenters. The minimum atomic E-state index is -0.608. The standard InChI is InChI=1S/C17H17FN2O3S/c1-23-15-7-6-12(18)8-11(15)9-24-10-16(21)20-14-5-3-2-4-13(14)17(19)22/h2-8H,9-10H2,1H3,(H2,19,22)(H,20,21). The first-order chi connectivity index (χ1) is 11.5. The number of benzene rings is 2. The Morgan fingerprint density at radius 2 is 2.00 bits per heavy atom. The first kappa shape index (κ1) is 17.8. The number of primary amides is 1. The number of nitrogens with one attached hydrogen (secondary N) is 1. The van der Waals surface area contributed by atoms with Crippen LogP contribution in [0.2, 0.25) is 0 Å². The molecule has 126 valence electrons. The van der Waals surface area contributed by atoms with Crippen LogP contribution < -0.4 is 15.8 Å². The molecule has 2 aromatic carbocycles. The van der Waals surface area contributed by atoms with Gasteiger partial charge in [-0.15, -0.1) is 11.8 Å². The number of carbonyl (C=O) groups is 2. The molecule has 0 radical (unpaired) electrons. The molecule has 0 saturated carbocycles.